The number of nitrogens with zero attached hydrogens (tertiary/aromatic N) is 4. The van der Waals surface area contributed by atoms with Crippen LogP contribution in [0.4, 0.5) is 0 Å². The van der Waals surface area contributed by atoms with Crippen LogP contribution in [-0.4, -0.2) is 33.0 Å². The third-order valence-electron chi connectivity index (χ3n) is 4.53. The predicted octanol–water partition coefficient (Wildman–Crippen LogP) is 4.11. The van der Waals surface area contributed by atoms with Gasteiger partial charge in [0.15, 0.2) is 0 Å². The second kappa shape index (κ2) is 8.01. The van der Waals surface area contributed by atoms with Crippen molar-refractivity contribution in [3.63, 3.8) is 0 Å². The Morgan fingerprint density at radius 2 is 1.81 bits per heavy atom. The van der Waals surface area contributed by atoms with E-state index in [1.165, 1.54) is 5.56 Å². The number of hydrogen-bond donors (Lipinski definition) is 0. The zero-order chi connectivity index (χ0) is 18.5. The maximum absolute atomic E-state index is 5.29. The van der Waals surface area contributed by atoms with Crippen molar-refractivity contribution in [2.75, 3.05) is 13.7 Å². The summed E-state index contributed by atoms with van der Waals surface area (Å²) in [5, 5.41) is 4.31. The smallest absolute Gasteiger partial charge is 0.0963 e. The molecule has 2 aromatic heterocycles. The Bertz CT molecular complexity index is 990. The molecule has 0 fully saturated rings. The van der Waals surface area contributed by atoms with E-state index in [4.69, 9.17) is 9.72 Å². The van der Waals surface area contributed by atoms with Gasteiger partial charge in [0.1, 0.15) is 0 Å². The van der Waals surface area contributed by atoms with Gasteiger partial charge in [0.05, 0.1) is 30.9 Å². The molecule has 0 bridgehead atoms. The molecule has 136 valence electrons. The SMILES string of the molecule is COCCn1cnc(-c2ccccc2)c1-c1cccc(Cn2cccn2)c1. The summed E-state index contributed by atoms with van der Waals surface area (Å²) in [6.07, 6.45) is 5.68. The Morgan fingerprint density at radius 1 is 0.963 bits per heavy atom. The molecular weight excluding hydrogens is 336 g/mol. The highest BCUT2D eigenvalue weighted by Crippen LogP contribution is 2.31. The van der Waals surface area contributed by atoms with Crippen LogP contribution in [-0.2, 0) is 17.8 Å². The van der Waals surface area contributed by atoms with E-state index in [0.717, 1.165) is 35.6 Å². The molecule has 0 radical (unpaired) electrons. The topological polar surface area (TPSA) is 44.9 Å². The van der Waals surface area contributed by atoms with Gasteiger partial charge in [-0.1, -0.05) is 48.5 Å². The molecule has 0 aliphatic carbocycles. The minimum absolute atomic E-state index is 0.643. The van der Waals surface area contributed by atoms with Gasteiger partial charge >= 0.3 is 0 Å². The highest BCUT2D eigenvalue weighted by molar-refractivity contribution is 5.78. The molecule has 0 amide bonds. The Labute approximate surface area is 158 Å². The summed E-state index contributed by atoms with van der Waals surface area (Å²) < 4.78 is 9.38. The fourth-order valence-corrected chi connectivity index (χ4v) is 3.25. The van der Waals surface area contributed by atoms with Crippen molar-refractivity contribution < 1.29 is 4.74 Å². The summed E-state index contributed by atoms with van der Waals surface area (Å²) in [5.41, 5.74) is 5.56. The molecule has 5 nitrogen and oxygen atoms in total. The number of benzene rings is 2. The highest BCUT2D eigenvalue weighted by atomic mass is 16.5. The normalized spacial score (nSPS) is 11.0. The summed E-state index contributed by atoms with van der Waals surface area (Å²) in [6.45, 7) is 2.15. The second-order valence-corrected chi connectivity index (χ2v) is 6.40. The van der Waals surface area contributed by atoms with Gasteiger partial charge in [0.2, 0.25) is 0 Å². The molecule has 2 aromatic carbocycles. The average molecular weight is 358 g/mol. The minimum atomic E-state index is 0.643. The molecule has 4 aromatic rings. The molecule has 0 atom stereocenters. The second-order valence-electron chi connectivity index (χ2n) is 6.40. The van der Waals surface area contributed by atoms with Gasteiger partial charge < -0.3 is 9.30 Å². The molecular formula is C22H22N4O. The first-order chi connectivity index (χ1) is 13.3. The number of rotatable bonds is 7. The maximum Gasteiger partial charge on any atom is 0.0963 e. The molecule has 0 spiro atoms. The fraction of sp³-hybridized carbons (Fsp3) is 0.182. The lowest BCUT2D eigenvalue weighted by molar-refractivity contribution is 0.187. The van der Waals surface area contributed by atoms with Crippen LogP contribution >= 0.6 is 0 Å². The lowest BCUT2D eigenvalue weighted by atomic mass is 10.0. The molecule has 2 heterocycles. The van der Waals surface area contributed by atoms with Crippen LogP contribution in [0, 0.1) is 0 Å². The molecule has 0 aliphatic heterocycles. The largest absolute Gasteiger partial charge is 0.383 e. The molecule has 27 heavy (non-hydrogen) atoms. The first kappa shape index (κ1) is 17.2. The van der Waals surface area contributed by atoms with Crippen LogP contribution in [0.5, 0.6) is 0 Å². The van der Waals surface area contributed by atoms with Gasteiger partial charge in [-0.05, 0) is 17.7 Å². The standard InChI is InChI=1S/C22H22N4O/c1-27-14-13-25-17-23-21(19-8-3-2-4-9-19)22(25)20-10-5-7-18(15-20)16-26-12-6-11-24-26/h2-12,15,17H,13-14,16H2,1H3. The number of methoxy groups -OCH3 is 1. The van der Waals surface area contributed by atoms with Gasteiger partial charge in [-0.15, -0.1) is 0 Å². The summed E-state index contributed by atoms with van der Waals surface area (Å²) >= 11 is 0. The molecule has 5 heteroatoms. The van der Waals surface area contributed by atoms with Crippen molar-refractivity contribution in [3.05, 3.63) is 84.9 Å². The van der Waals surface area contributed by atoms with Crippen LogP contribution in [0.15, 0.2) is 79.4 Å². The third-order valence-corrected chi connectivity index (χ3v) is 4.53. The van der Waals surface area contributed by atoms with E-state index in [-0.39, 0.29) is 0 Å². The highest BCUT2D eigenvalue weighted by Gasteiger charge is 2.15. The molecule has 0 saturated carbocycles. The van der Waals surface area contributed by atoms with E-state index in [2.05, 4.69) is 46.1 Å². The number of aromatic nitrogens is 4. The van der Waals surface area contributed by atoms with Crippen LogP contribution in [0.25, 0.3) is 22.5 Å². The van der Waals surface area contributed by atoms with Gasteiger partial charge in [-0.3, -0.25) is 4.68 Å². The predicted molar refractivity (Wildman–Crippen MR) is 106 cm³/mol. The van der Waals surface area contributed by atoms with Crippen LogP contribution in [0.3, 0.4) is 0 Å². The quantitative estimate of drug-likeness (QED) is 0.499. The molecule has 0 unspecified atom stereocenters. The monoisotopic (exact) mass is 358 g/mol. The first-order valence-corrected chi connectivity index (χ1v) is 9.01. The van der Waals surface area contributed by atoms with Gasteiger partial charge in [0, 0.05) is 37.2 Å². The number of hydrogen-bond acceptors (Lipinski definition) is 3. The summed E-state index contributed by atoms with van der Waals surface area (Å²) in [7, 11) is 1.72. The summed E-state index contributed by atoms with van der Waals surface area (Å²) in [4.78, 5) is 4.71. The summed E-state index contributed by atoms with van der Waals surface area (Å²) in [6, 6.07) is 20.8. The van der Waals surface area contributed by atoms with Crippen molar-refractivity contribution >= 4 is 0 Å². The van der Waals surface area contributed by atoms with Gasteiger partial charge in [0.25, 0.3) is 0 Å². The molecule has 0 saturated heterocycles. The molecule has 0 aliphatic rings. The lowest BCUT2D eigenvalue weighted by Gasteiger charge is -2.12. The molecule has 4 rings (SSSR count). The minimum Gasteiger partial charge on any atom is -0.383 e. The van der Waals surface area contributed by atoms with Crippen LogP contribution < -0.4 is 0 Å². The lowest BCUT2D eigenvalue weighted by Crippen LogP contribution is -2.05. The fourth-order valence-electron chi connectivity index (χ4n) is 3.25. The summed E-state index contributed by atoms with van der Waals surface area (Å²) in [5.74, 6) is 0. The van der Waals surface area contributed by atoms with Crippen LogP contribution in [0.2, 0.25) is 0 Å². The molecule has 0 N–H and O–H groups in total. The Morgan fingerprint density at radius 3 is 2.59 bits per heavy atom. The van der Waals surface area contributed by atoms with Gasteiger partial charge in [-0.2, -0.15) is 5.10 Å². The Kier molecular flexibility index (Phi) is 5.12. The zero-order valence-electron chi connectivity index (χ0n) is 15.3. The van der Waals surface area contributed by atoms with Crippen molar-refractivity contribution in [2.24, 2.45) is 0 Å². The van der Waals surface area contributed by atoms with Crippen molar-refractivity contribution in [1.29, 1.82) is 0 Å². The maximum atomic E-state index is 5.29. The zero-order valence-corrected chi connectivity index (χ0v) is 15.3. The van der Waals surface area contributed by atoms with Crippen LogP contribution in [0.1, 0.15) is 5.56 Å². The van der Waals surface area contributed by atoms with Crippen molar-refractivity contribution in [3.8, 4) is 22.5 Å². The Hall–Kier alpha value is -3.18. The van der Waals surface area contributed by atoms with Crippen molar-refractivity contribution in [1.82, 2.24) is 19.3 Å². The van der Waals surface area contributed by atoms with Gasteiger partial charge in [-0.25, -0.2) is 4.98 Å². The number of ether oxygens (including phenoxy) is 1. The average Bonchev–Trinajstić information content (AvgIpc) is 3.37. The first-order valence-electron chi connectivity index (χ1n) is 9.01. The van der Waals surface area contributed by atoms with E-state index >= 15 is 0 Å². The van der Waals surface area contributed by atoms with E-state index < -0.39 is 0 Å². The van der Waals surface area contributed by atoms with E-state index in [1.807, 2.05) is 41.5 Å². The Balaban J connectivity index is 1.76. The third kappa shape index (κ3) is 3.83. The van der Waals surface area contributed by atoms with E-state index in [0.29, 0.717) is 6.61 Å². The van der Waals surface area contributed by atoms with E-state index in [9.17, 15) is 0 Å². The van der Waals surface area contributed by atoms with Crippen molar-refractivity contribution in [2.45, 2.75) is 13.1 Å². The van der Waals surface area contributed by atoms with E-state index in [1.54, 1.807) is 13.3 Å². The number of imidazole rings is 1.